The van der Waals surface area contributed by atoms with Gasteiger partial charge < -0.3 is 0 Å². The van der Waals surface area contributed by atoms with Gasteiger partial charge in [-0.2, -0.15) is 8.42 Å². The summed E-state index contributed by atoms with van der Waals surface area (Å²) in [4.78, 5) is 10.1. The first-order valence-corrected chi connectivity index (χ1v) is 7.71. The summed E-state index contributed by atoms with van der Waals surface area (Å²) < 4.78 is 30.3. The zero-order valence-corrected chi connectivity index (χ0v) is 11.8. The normalized spacial score (nSPS) is 11.3. The lowest BCUT2D eigenvalue weighted by Crippen LogP contribution is -2.01. The lowest BCUT2D eigenvalue weighted by molar-refractivity contribution is -0.384. The highest BCUT2D eigenvalue weighted by molar-refractivity contribution is 7.85. The van der Waals surface area contributed by atoms with Crippen LogP contribution < -0.4 is 0 Å². The maximum absolute atomic E-state index is 10.8. The van der Waals surface area contributed by atoms with Gasteiger partial charge in [-0.15, -0.1) is 0 Å². The van der Waals surface area contributed by atoms with Crippen LogP contribution >= 0.6 is 0 Å². The van der Waals surface area contributed by atoms with Crippen LogP contribution in [0, 0.1) is 10.1 Å². The highest BCUT2D eigenvalue weighted by Gasteiger charge is 2.07. The Morgan fingerprint density at radius 3 is 1.76 bits per heavy atom. The Balaban J connectivity index is 2.08. The zero-order valence-electron chi connectivity index (χ0n) is 11.0. The highest BCUT2D eigenvalue weighted by atomic mass is 32.2. The number of nitro groups is 1. The molecule has 2 aromatic carbocycles. The van der Waals surface area contributed by atoms with Crippen LogP contribution in [0.1, 0.15) is 16.7 Å². The van der Waals surface area contributed by atoms with Crippen LogP contribution in [0.15, 0.2) is 48.5 Å². The summed E-state index contributed by atoms with van der Waals surface area (Å²) in [5.41, 5.74) is 2.42. The van der Waals surface area contributed by atoms with Gasteiger partial charge in [-0.3, -0.25) is 14.7 Å². The van der Waals surface area contributed by atoms with Crippen LogP contribution in [-0.4, -0.2) is 17.9 Å². The van der Waals surface area contributed by atoms with E-state index >= 15 is 0 Å². The quantitative estimate of drug-likeness (QED) is 0.520. The van der Waals surface area contributed by atoms with Gasteiger partial charge in [0.05, 0.1) is 4.92 Å². The minimum atomic E-state index is -4.03. The van der Waals surface area contributed by atoms with Crippen molar-refractivity contribution in [3.05, 3.63) is 75.3 Å². The summed E-state index contributed by atoms with van der Waals surface area (Å²) in [6, 6.07) is 13.1. The number of rotatable bonds is 5. The van der Waals surface area contributed by atoms with Crippen molar-refractivity contribution in [3.8, 4) is 0 Å². The first-order chi connectivity index (χ1) is 9.83. The summed E-state index contributed by atoms with van der Waals surface area (Å²) in [6.07, 6.45) is 0.587. The Kier molecular flexibility index (Phi) is 4.35. The Hall–Kier alpha value is -2.25. The number of non-ortho nitro benzene ring substituents is 1. The van der Waals surface area contributed by atoms with Gasteiger partial charge in [0, 0.05) is 12.1 Å². The third-order valence-electron chi connectivity index (χ3n) is 2.93. The summed E-state index contributed by atoms with van der Waals surface area (Å²) in [7, 11) is -4.03. The Bertz CT molecular complexity index is 736. The molecule has 0 fully saturated rings. The standard InChI is InChI=1S/C14H13NO5S/c16-15(17)14-7-5-12(6-8-14)9-11-1-3-13(4-2-11)10-21(18,19)20/h1-8H,9-10H2,(H,18,19,20). The maximum Gasteiger partial charge on any atom is 0.269 e. The molecular weight excluding hydrogens is 294 g/mol. The van der Waals surface area contributed by atoms with Crippen molar-refractivity contribution in [1.29, 1.82) is 0 Å². The molecular formula is C14H13NO5S. The van der Waals surface area contributed by atoms with Crippen molar-refractivity contribution in [1.82, 2.24) is 0 Å². The number of nitrogens with zero attached hydrogens (tertiary/aromatic N) is 1. The molecule has 6 nitrogen and oxygen atoms in total. The van der Waals surface area contributed by atoms with Crippen LogP contribution in [-0.2, 0) is 22.3 Å². The predicted octanol–water partition coefficient (Wildman–Crippen LogP) is 2.57. The van der Waals surface area contributed by atoms with Gasteiger partial charge in [0.1, 0.15) is 5.75 Å². The molecule has 0 aromatic heterocycles. The fourth-order valence-electron chi connectivity index (χ4n) is 1.94. The van der Waals surface area contributed by atoms with E-state index in [0.29, 0.717) is 12.0 Å². The van der Waals surface area contributed by atoms with Gasteiger partial charge in [-0.05, 0) is 23.1 Å². The van der Waals surface area contributed by atoms with Crippen molar-refractivity contribution in [2.75, 3.05) is 0 Å². The second-order valence-electron chi connectivity index (χ2n) is 4.64. The van der Waals surface area contributed by atoms with E-state index in [1.54, 1.807) is 36.4 Å². The molecule has 0 spiro atoms. The topological polar surface area (TPSA) is 97.5 Å². The van der Waals surface area contributed by atoms with E-state index in [0.717, 1.165) is 11.1 Å². The van der Waals surface area contributed by atoms with Crippen LogP contribution in [0.3, 0.4) is 0 Å². The van der Waals surface area contributed by atoms with Crippen molar-refractivity contribution in [3.63, 3.8) is 0 Å². The van der Waals surface area contributed by atoms with Crippen molar-refractivity contribution >= 4 is 15.8 Å². The molecule has 0 heterocycles. The average Bonchev–Trinajstić information content (AvgIpc) is 2.40. The predicted molar refractivity (Wildman–Crippen MR) is 77.6 cm³/mol. The van der Waals surface area contributed by atoms with Gasteiger partial charge in [0.2, 0.25) is 0 Å². The molecule has 0 amide bonds. The number of hydrogen-bond acceptors (Lipinski definition) is 4. The van der Waals surface area contributed by atoms with Crippen LogP contribution in [0.25, 0.3) is 0 Å². The number of hydrogen-bond donors (Lipinski definition) is 1. The van der Waals surface area contributed by atoms with Gasteiger partial charge in [-0.25, -0.2) is 0 Å². The molecule has 0 aliphatic rings. The zero-order chi connectivity index (χ0) is 15.5. The number of nitro benzene ring substituents is 1. The van der Waals surface area contributed by atoms with Crippen LogP contribution in [0.4, 0.5) is 5.69 Å². The first kappa shape index (κ1) is 15.1. The molecule has 0 saturated carbocycles. The molecule has 0 saturated heterocycles. The van der Waals surface area contributed by atoms with Crippen molar-refractivity contribution in [2.24, 2.45) is 0 Å². The highest BCUT2D eigenvalue weighted by Crippen LogP contribution is 2.16. The molecule has 0 aliphatic carbocycles. The maximum atomic E-state index is 10.8. The van der Waals surface area contributed by atoms with Crippen LogP contribution in [0.5, 0.6) is 0 Å². The van der Waals surface area contributed by atoms with Gasteiger partial charge in [0.25, 0.3) is 15.8 Å². The molecule has 0 bridgehead atoms. The minimum Gasteiger partial charge on any atom is -0.285 e. The van der Waals surface area contributed by atoms with E-state index in [9.17, 15) is 18.5 Å². The van der Waals surface area contributed by atoms with E-state index < -0.39 is 20.8 Å². The molecule has 0 aliphatic heterocycles. The summed E-state index contributed by atoms with van der Waals surface area (Å²) in [5.74, 6) is -0.412. The molecule has 0 radical (unpaired) electrons. The smallest absolute Gasteiger partial charge is 0.269 e. The lowest BCUT2D eigenvalue weighted by Gasteiger charge is -2.04. The van der Waals surface area contributed by atoms with Gasteiger partial charge >= 0.3 is 0 Å². The molecule has 21 heavy (non-hydrogen) atoms. The second-order valence-corrected chi connectivity index (χ2v) is 6.10. The Labute approximate surface area is 121 Å². The fraction of sp³-hybridized carbons (Fsp3) is 0.143. The van der Waals surface area contributed by atoms with E-state index in [1.165, 1.54) is 12.1 Å². The summed E-state index contributed by atoms with van der Waals surface area (Å²) in [5, 5.41) is 10.6. The largest absolute Gasteiger partial charge is 0.285 e. The first-order valence-electron chi connectivity index (χ1n) is 6.10. The van der Waals surface area contributed by atoms with E-state index in [1.807, 2.05) is 0 Å². The SMILES string of the molecule is O=[N+]([O-])c1ccc(Cc2ccc(CS(=O)(=O)O)cc2)cc1. The molecule has 110 valence electrons. The van der Waals surface area contributed by atoms with E-state index in [2.05, 4.69) is 0 Å². The van der Waals surface area contributed by atoms with Crippen LogP contribution in [0.2, 0.25) is 0 Å². The Morgan fingerprint density at radius 2 is 1.33 bits per heavy atom. The van der Waals surface area contributed by atoms with Crippen molar-refractivity contribution < 1.29 is 17.9 Å². The third kappa shape index (κ3) is 4.66. The summed E-state index contributed by atoms with van der Waals surface area (Å²) >= 11 is 0. The monoisotopic (exact) mass is 307 g/mol. The van der Waals surface area contributed by atoms with Gasteiger partial charge in [0.15, 0.2) is 0 Å². The Morgan fingerprint density at radius 1 is 0.905 bits per heavy atom. The molecule has 7 heteroatoms. The minimum absolute atomic E-state index is 0.0438. The van der Waals surface area contributed by atoms with E-state index in [-0.39, 0.29) is 5.69 Å². The molecule has 2 rings (SSSR count). The fourth-order valence-corrected chi connectivity index (χ4v) is 2.55. The average molecular weight is 307 g/mol. The molecule has 2 aromatic rings. The summed E-state index contributed by atoms with van der Waals surface area (Å²) in [6.45, 7) is 0. The number of benzene rings is 2. The van der Waals surface area contributed by atoms with Crippen molar-refractivity contribution in [2.45, 2.75) is 12.2 Å². The molecule has 0 atom stereocenters. The third-order valence-corrected chi connectivity index (χ3v) is 3.63. The molecule has 0 unspecified atom stereocenters. The van der Waals surface area contributed by atoms with Gasteiger partial charge in [-0.1, -0.05) is 36.4 Å². The second kappa shape index (κ2) is 6.02. The lowest BCUT2D eigenvalue weighted by atomic mass is 10.0. The molecule has 1 N–H and O–H groups in total. The van der Waals surface area contributed by atoms with E-state index in [4.69, 9.17) is 4.55 Å².